The van der Waals surface area contributed by atoms with E-state index in [4.69, 9.17) is 5.73 Å². The fourth-order valence-electron chi connectivity index (χ4n) is 5.34. The number of allylic oxidation sites excluding steroid dienone is 1. The summed E-state index contributed by atoms with van der Waals surface area (Å²) >= 11 is 0. The molecule has 1 aromatic rings. The summed E-state index contributed by atoms with van der Waals surface area (Å²) in [6.07, 6.45) is 1.36. The normalized spacial score (nSPS) is 32.1. The number of aromatic hydroxyl groups is 1. The van der Waals surface area contributed by atoms with Crippen LogP contribution >= 0.6 is 0 Å². The molecule has 0 spiro atoms. The maximum absolute atomic E-state index is 13.5. The molecule has 0 aliphatic heterocycles. The van der Waals surface area contributed by atoms with Gasteiger partial charge in [0.2, 0.25) is 5.78 Å². The van der Waals surface area contributed by atoms with Crippen molar-refractivity contribution in [3.05, 3.63) is 51.8 Å². The van der Waals surface area contributed by atoms with Gasteiger partial charge in [-0.1, -0.05) is 25.1 Å². The number of carbonyl (C=O) groups is 3. The number of rotatable bonds is 2. The van der Waals surface area contributed by atoms with Crippen LogP contribution in [0.2, 0.25) is 0 Å². The van der Waals surface area contributed by atoms with Gasteiger partial charge in [0.1, 0.15) is 22.8 Å². The predicted octanol–water partition coefficient (Wildman–Crippen LogP) is 0.989. The first-order valence-corrected chi connectivity index (χ1v) is 10.1. The standard InChI is InChI=1S/C23H23NO8/c1-3-4-9-5-10-8(2)14-17(19(28)15(10)12(25)6-9)21(30)23(32)11(18(14)27)7-13(26)16(20(23)29)22(24)31/h3-6,8,11,14,18,25,27-29,32H,7H2,1-2H3,(H2,24,31)/b4-3+/t8?,11?,14?,18?,23-/m1/s1. The molecule has 168 valence electrons. The van der Waals surface area contributed by atoms with E-state index in [9.17, 15) is 39.9 Å². The summed E-state index contributed by atoms with van der Waals surface area (Å²) in [4.78, 5) is 37.5. The Morgan fingerprint density at radius 3 is 2.47 bits per heavy atom. The number of carbonyl (C=O) groups excluding carboxylic acids is 3. The van der Waals surface area contributed by atoms with Crippen LogP contribution in [0.4, 0.5) is 0 Å². The lowest BCUT2D eigenvalue weighted by molar-refractivity contribution is -0.160. The molecule has 0 bridgehead atoms. The van der Waals surface area contributed by atoms with Gasteiger partial charge in [-0.3, -0.25) is 14.4 Å². The number of nitrogens with two attached hydrogens (primary N) is 1. The SMILES string of the molecule is C/C=C/c1cc(O)c2c(c1)C(C)C1C(=C2O)C(=O)[C@]2(O)C(O)=C(C(N)=O)C(=O)CC2C1O. The zero-order valence-corrected chi connectivity index (χ0v) is 17.4. The molecular formula is C23H23NO8. The molecule has 3 aliphatic rings. The number of phenolic OH excluding ortho intramolecular Hbond substituents is 1. The highest BCUT2D eigenvalue weighted by Gasteiger charge is 2.64. The van der Waals surface area contributed by atoms with Crippen LogP contribution in [0.5, 0.6) is 5.75 Å². The number of fused-ring (bicyclic) bond motifs is 3. The van der Waals surface area contributed by atoms with Crippen molar-refractivity contribution in [3.8, 4) is 5.75 Å². The second-order valence-corrected chi connectivity index (χ2v) is 8.49. The quantitative estimate of drug-likeness (QED) is 0.368. The number of hydrogen-bond donors (Lipinski definition) is 6. The van der Waals surface area contributed by atoms with Crippen molar-refractivity contribution < 1.29 is 39.9 Å². The van der Waals surface area contributed by atoms with E-state index in [1.54, 1.807) is 32.1 Å². The van der Waals surface area contributed by atoms with Crippen molar-refractivity contribution in [2.45, 2.75) is 37.9 Å². The van der Waals surface area contributed by atoms with Crippen LogP contribution in [0, 0.1) is 11.8 Å². The summed E-state index contributed by atoms with van der Waals surface area (Å²) in [5, 5.41) is 54.5. The number of phenols is 1. The van der Waals surface area contributed by atoms with Crippen molar-refractivity contribution in [1.82, 2.24) is 0 Å². The molecule has 0 heterocycles. The molecule has 1 saturated carbocycles. The maximum atomic E-state index is 13.5. The van der Waals surface area contributed by atoms with Crippen LogP contribution < -0.4 is 5.73 Å². The van der Waals surface area contributed by atoms with E-state index < -0.39 is 76.0 Å². The molecule has 1 aromatic carbocycles. The van der Waals surface area contributed by atoms with Crippen LogP contribution in [0.25, 0.3) is 11.8 Å². The molecule has 5 atom stereocenters. The van der Waals surface area contributed by atoms with Gasteiger partial charge in [0.05, 0.1) is 11.7 Å². The van der Waals surface area contributed by atoms with Crippen LogP contribution in [-0.4, -0.2) is 54.7 Å². The minimum Gasteiger partial charge on any atom is -0.508 e. The van der Waals surface area contributed by atoms with Gasteiger partial charge in [0.25, 0.3) is 5.91 Å². The Hall–Kier alpha value is -3.43. The average Bonchev–Trinajstić information content (AvgIpc) is 2.71. The average molecular weight is 441 g/mol. The lowest BCUT2D eigenvalue weighted by Gasteiger charge is -2.50. The summed E-state index contributed by atoms with van der Waals surface area (Å²) in [6, 6.07) is 3.10. The Morgan fingerprint density at radius 2 is 1.88 bits per heavy atom. The molecule has 0 saturated heterocycles. The van der Waals surface area contributed by atoms with Gasteiger partial charge in [0.15, 0.2) is 11.4 Å². The summed E-state index contributed by atoms with van der Waals surface area (Å²) in [7, 11) is 0. The lowest BCUT2D eigenvalue weighted by atomic mass is 9.55. The number of aliphatic hydroxyl groups excluding tert-OH is 3. The van der Waals surface area contributed by atoms with E-state index >= 15 is 0 Å². The minimum atomic E-state index is -2.82. The molecule has 1 amide bonds. The number of hydrogen-bond acceptors (Lipinski definition) is 8. The van der Waals surface area contributed by atoms with Crippen LogP contribution in [-0.2, 0) is 14.4 Å². The number of amides is 1. The number of benzene rings is 1. The highest BCUT2D eigenvalue weighted by molar-refractivity contribution is 6.23. The first kappa shape index (κ1) is 21.8. The number of aliphatic hydroxyl groups is 4. The number of Topliss-reactive ketones (excluding diaryl/α,β-unsaturated/α-hetero) is 2. The fourth-order valence-corrected chi connectivity index (χ4v) is 5.34. The summed E-state index contributed by atoms with van der Waals surface area (Å²) in [6.45, 7) is 3.48. The predicted molar refractivity (Wildman–Crippen MR) is 112 cm³/mol. The minimum absolute atomic E-state index is 0.0231. The molecule has 32 heavy (non-hydrogen) atoms. The van der Waals surface area contributed by atoms with Gasteiger partial charge in [-0.15, -0.1) is 0 Å². The van der Waals surface area contributed by atoms with Gasteiger partial charge in [-0.05, 0) is 30.0 Å². The summed E-state index contributed by atoms with van der Waals surface area (Å²) < 4.78 is 0. The molecule has 3 aliphatic carbocycles. The first-order valence-electron chi connectivity index (χ1n) is 10.1. The molecule has 4 rings (SSSR count). The first-order chi connectivity index (χ1) is 15.0. The third-order valence-electron chi connectivity index (χ3n) is 6.82. The Balaban J connectivity index is 2.00. The Bertz CT molecular complexity index is 1180. The Labute approximate surface area is 182 Å². The maximum Gasteiger partial charge on any atom is 0.255 e. The number of primary amides is 1. The smallest absolute Gasteiger partial charge is 0.255 e. The second kappa shape index (κ2) is 7.04. The van der Waals surface area contributed by atoms with E-state index in [1.165, 1.54) is 6.07 Å². The van der Waals surface area contributed by atoms with Gasteiger partial charge in [-0.2, -0.15) is 0 Å². The molecule has 0 aromatic heterocycles. The van der Waals surface area contributed by atoms with E-state index in [0.29, 0.717) is 11.1 Å². The van der Waals surface area contributed by atoms with E-state index in [-0.39, 0.29) is 11.3 Å². The molecule has 9 nitrogen and oxygen atoms in total. The monoisotopic (exact) mass is 441 g/mol. The third-order valence-corrected chi connectivity index (χ3v) is 6.82. The second-order valence-electron chi connectivity index (χ2n) is 8.49. The lowest BCUT2D eigenvalue weighted by Crippen LogP contribution is -2.63. The Morgan fingerprint density at radius 1 is 1.22 bits per heavy atom. The van der Waals surface area contributed by atoms with Crippen molar-refractivity contribution in [2.75, 3.05) is 0 Å². The van der Waals surface area contributed by atoms with E-state index in [0.717, 1.165) is 0 Å². The van der Waals surface area contributed by atoms with Gasteiger partial charge < -0.3 is 31.3 Å². The largest absolute Gasteiger partial charge is 0.508 e. The highest BCUT2D eigenvalue weighted by Crippen LogP contribution is 2.55. The molecule has 1 fully saturated rings. The highest BCUT2D eigenvalue weighted by atomic mass is 16.4. The molecule has 0 radical (unpaired) electrons. The summed E-state index contributed by atoms with van der Waals surface area (Å²) in [5.41, 5.74) is 2.11. The zero-order valence-electron chi connectivity index (χ0n) is 17.4. The molecule has 4 unspecified atom stereocenters. The molecule has 9 heteroatoms. The van der Waals surface area contributed by atoms with Crippen LogP contribution in [0.15, 0.2) is 35.1 Å². The van der Waals surface area contributed by atoms with Crippen LogP contribution in [0.3, 0.4) is 0 Å². The third kappa shape index (κ3) is 2.61. The molecule has 7 N–H and O–H groups in total. The van der Waals surface area contributed by atoms with Crippen molar-refractivity contribution >= 4 is 29.3 Å². The zero-order chi connectivity index (χ0) is 23.7. The topological polar surface area (TPSA) is 178 Å². The number of ketones is 2. The summed E-state index contributed by atoms with van der Waals surface area (Å²) in [5.74, 6) is -8.65. The molecular weight excluding hydrogens is 418 g/mol. The van der Waals surface area contributed by atoms with E-state index in [2.05, 4.69) is 0 Å². The van der Waals surface area contributed by atoms with Crippen LogP contribution in [0.1, 0.15) is 42.9 Å². The van der Waals surface area contributed by atoms with Gasteiger partial charge in [-0.25, -0.2) is 0 Å². The van der Waals surface area contributed by atoms with Gasteiger partial charge in [0, 0.05) is 23.8 Å². The fraction of sp³-hybridized carbons (Fsp3) is 0.348. The Kier molecular flexibility index (Phi) is 4.80. The van der Waals surface area contributed by atoms with Crippen molar-refractivity contribution in [2.24, 2.45) is 17.6 Å². The van der Waals surface area contributed by atoms with E-state index in [1.807, 2.05) is 0 Å². The van der Waals surface area contributed by atoms with Crippen molar-refractivity contribution in [3.63, 3.8) is 0 Å². The van der Waals surface area contributed by atoms with Gasteiger partial charge >= 0.3 is 0 Å². The van der Waals surface area contributed by atoms with Crippen molar-refractivity contribution in [1.29, 1.82) is 0 Å².